The minimum Gasteiger partial charge on any atom is -0.372 e. The summed E-state index contributed by atoms with van der Waals surface area (Å²) in [4.78, 5) is 2.51. The zero-order valence-corrected chi connectivity index (χ0v) is 12.5. The molecule has 1 N–H and O–H groups in total. The van der Waals surface area contributed by atoms with Crippen LogP contribution in [0.4, 0.5) is 5.69 Å². The van der Waals surface area contributed by atoms with Gasteiger partial charge in [0.15, 0.2) is 0 Å². The second kappa shape index (κ2) is 7.54. The van der Waals surface area contributed by atoms with Gasteiger partial charge in [0.05, 0.1) is 0 Å². The van der Waals surface area contributed by atoms with Crippen molar-refractivity contribution in [2.24, 2.45) is 5.92 Å². The molecule has 0 bridgehead atoms. The number of nitrogens with zero attached hydrogens (tertiary/aromatic N) is 1. The normalized spacial score (nSPS) is 16.5. The van der Waals surface area contributed by atoms with Crippen LogP contribution in [-0.2, 0) is 0 Å². The first-order chi connectivity index (χ1) is 9.29. The summed E-state index contributed by atoms with van der Waals surface area (Å²) in [6.45, 7) is 9.18. The number of hydrogen-bond donors (Lipinski definition) is 1. The molecule has 0 saturated carbocycles. The van der Waals surface area contributed by atoms with Crippen LogP contribution in [0.3, 0.4) is 0 Å². The summed E-state index contributed by atoms with van der Waals surface area (Å²) in [6, 6.07) is 8.88. The van der Waals surface area contributed by atoms with Crippen molar-refractivity contribution in [3.63, 3.8) is 0 Å². The average Bonchev–Trinajstić information content (AvgIpc) is 2.45. The van der Waals surface area contributed by atoms with Crippen LogP contribution in [-0.4, -0.2) is 26.2 Å². The number of rotatable bonds is 6. The number of benzene rings is 1. The van der Waals surface area contributed by atoms with E-state index in [9.17, 15) is 0 Å². The molecule has 0 atom stereocenters. The van der Waals surface area contributed by atoms with E-state index in [1.165, 1.54) is 56.6 Å². The molecule has 0 radical (unpaired) electrons. The molecule has 2 nitrogen and oxygen atoms in total. The van der Waals surface area contributed by atoms with Crippen molar-refractivity contribution in [2.45, 2.75) is 39.5 Å². The molecular formula is C17H28N2. The Morgan fingerprint density at radius 1 is 1.26 bits per heavy atom. The molecule has 1 aromatic carbocycles. The van der Waals surface area contributed by atoms with Crippen LogP contribution in [0.2, 0.25) is 0 Å². The van der Waals surface area contributed by atoms with Crippen molar-refractivity contribution in [1.29, 1.82) is 0 Å². The number of nitrogens with one attached hydrogen (secondary N) is 1. The van der Waals surface area contributed by atoms with Gasteiger partial charge in [0.2, 0.25) is 0 Å². The second-order valence-corrected chi connectivity index (χ2v) is 5.75. The van der Waals surface area contributed by atoms with E-state index in [2.05, 4.69) is 48.3 Å². The molecule has 0 unspecified atom stereocenters. The van der Waals surface area contributed by atoms with E-state index in [4.69, 9.17) is 0 Å². The maximum Gasteiger partial charge on any atom is 0.0368 e. The summed E-state index contributed by atoms with van der Waals surface area (Å²) < 4.78 is 0. The van der Waals surface area contributed by atoms with E-state index < -0.39 is 0 Å². The van der Waals surface area contributed by atoms with Gasteiger partial charge in [-0.2, -0.15) is 0 Å². The first kappa shape index (κ1) is 14.4. The van der Waals surface area contributed by atoms with Crippen molar-refractivity contribution in [3.8, 4) is 0 Å². The third-order valence-corrected chi connectivity index (χ3v) is 4.25. The lowest BCUT2D eigenvalue weighted by molar-refractivity contribution is 0.347. The van der Waals surface area contributed by atoms with Gasteiger partial charge in [-0.1, -0.05) is 12.1 Å². The Morgan fingerprint density at radius 3 is 2.74 bits per heavy atom. The summed E-state index contributed by atoms with van der Waals surface area (Å²) in [5.74, 6) is 0.956. The molecule has 1 aliphatic rings. The topological polar surface area (TPSA) is 15.3 Å². The number of hydrogen-bond acceptors (Lipinski definition) is 2. The lowest BCUT2D eigenvalue weighted by atomic mass is 9.93. The van der Waals surface area contributed by atoms with Crippen molar-refractivity contribution in [1.82, 2.24) is 5.32 Å². The summed E-state index contributed by atoms with van der Waals surface area (Å²) in [6.07, 6.45) is 5.46. The summed E-state index contributed by atoms with van der Waals surface area (Å²) in [7, 11) is 0. The Labute approximate surface area is 118 Å². The van der Waals surface area contributed by atoms with Crippen LogP contribution in [0.15, 0.2) is 24.3 Å². The van der Waals surface area contributed by atoms with Crippen LogP contribution >= 0.6 is 0 Å². The SMILES string of the molecule is CCN(CCCC1CCNCC1)c1cccc(C)c1. The van der Waals surface area contributed by atoms with Crippen LogP contribution in [0, 0.1) is 12.8 Å². The monoisotopic (exact) mass is 260 g/mol. The molecule has 1 heterocycles. The van der Waals surface area contributed by atoms with Crippen LogP contribution < -0.4 is 10.2 Å². The van der Waals surface area contributed by atoms with E-state index in [0.717, 1.165) is 12.5 Å². The highest BCUT2D eigenvalue weighted by Gasteiger charge is 2.13. The lowest BCUT2D eigenvalue weighted by Gasteiger charge is -2.26. The van der Waals surface area contributed by atoms with Gasteiger partial charge < -0.3 is 10.2 Å². The Kier molecular flexibility index (Phi) is 5.71. The van der Waals surface area contributed by atoms with Gasteiger partial charge in [0.1, 0.15) is 0 Å². The minimum absolute atomic E-state index is 0.956. The van der Waals surface area contributed by atoms with Gasteiger partial charge in [0.25, 0.3) is 0 Å². The fourth-order valence-corrected chi connectivity index (χ4v) is 3.04. The van der Waals surface area contributed by atoms with E-state index >= 15 is 0 Å². The molecule has 1 aromatic rings. The quantitative estimate of drug-likeness (QED) is 0.840. The molecule has 1 fully saturated rings. The predicted molar refractivity (Wildman–Crippen MR) is 83.9 cm³/mol. The van der Waals surface area contributed by atoms with Gasteiger partial charge in [-0.3, -0.25) is 0 Å². The third kappa shape index (κ3) is 4.54. The van der Waals surface area contributed by atoms with Gasteiger partial charge in [-0.25, -0.2) is 0 Å². The Bertz CT molecular complexity index is 369. The zero-order valence-electron chi connectivity index (χ0n) is 12.5. The number of aryl methyl sites for hydroxylation is 1. The van der Waals surface area contributed by atoms with Crippen LogP contribution in [0.5, 0.6) is 0 Å². The summed E-state index contributed by atoms with van der Waals surface area (Å²) in [5, 5.41) is 3.45. The van der Waals surface area contributed by atoms with E-state index in [-0.39, 0.29) is 0 Å². The average molecular weight is 260 g/mol. The highest BCUT2D eigenvalue weighted by molar-refractivity contribution is 5.48. The molecule has 2 heteroatoms. The Morgan fingerprint density at radius 2 is 2.05 bits per heavy atom. The highest BCUT2D eigenvalue weighted by atomic mass is 15.1. The number of piperidine rings is 1. The van der Waals surface area contributed by atoms with Crippen molar-refractivity contribution in [3.05, 3.63) is 29.8 Å². The minimum atomic E-state index is 0.956. The molecular weight excluding hydrogens is 232 g/mol. The molecule has 2 rings (SSSR count). The molecule has 19 heavy (non-hydrogen) atoms. The molecule has 0 spiro atoms. The van der Waals surface area contributed by atoms with E-state index in [0.29, 0.717) is 0 Å². The molecule has 0 aliphatic carbocycles. The smallest absolute Gasteiger partial charge is 0.0368 e. The largest absolute Gasteiger partial charge is 0.372 e. The third-order valence-electron chi connectivity index (χ3n) is 4.25. The molecule has 106 valence electrons. The van der Waals surface area contributed by atoms with Gasteiger partial charge in [-0.05, 0) is 76.2 Å². The molecule has 1 aliphatic heterocycles. The lowest BCUT2D eigenvalue weighted by Crippen LogP contribution is -2.29. The standard InChI is InChI=1S/C17H28N2/c1-3-19(17-8-4-6-15(2)14-17)13-5-7-16-9-11-18-12-10-16/h4,6,8,14,16,18H,3,5,7,9-13H2,1-2H3. The first-order valence-corrected chi connectivity index (χ1v) is 7.82. The number of anilines is 1. The summed E-state index contributed by atoms with van der Waals surface area (Å²) >= 11 is 0. The highest BCUT2D eigenvalue weighted by Crippen LogP contribution is 2.20. The van der Waals surface area contributed by atoms with Gasteiger partial charge in [-0.15, -0.1) is 0 Å². The van der Waals surface area contributed by atoms with E-state index in [1.807, 2.05) is 0 Å². The fraction of sp³-hybridized carbons (Fsp3) is 0.647. The maximum atomic E-state index is 3.45. The first-order valence-electron chi connectivity index (χ1n) is 7.82. The molecule has 1 saturated heterocycles. The van der Waals surface area contributed by atoms with Gasteiger partial charge >= 0.3 is 0 Å². The van der Waals surface area contributed by atoms with Crippen molar-refractivity contribution >= 4 is 5.69 Å². The van der Waals surface area contributed by atoms with Crippen LogP contribution in [0.25, 0.3) is 0 Å². The van der Waals surface area contributed by atoms with E-state index in [1.54, 1.807) is 0 Å². The van der Waals surface area contributed by atoms with Crippen LogP contribution in [0.1, 0.15) is 38.2 Å². The Hall–Kier alpha value is -1.02. The zero-order chi connectivity index (χ0) is 13.5. The maximum absolute atomic E-state index is 3.45. The Balaban J connectivity index is 1.79. The second-order valence-electron chi connectivity index (χ2n) is 5.75. The predicted octanol–water partition coefficient (Wildman–Crippen LogP) is 3.60. The van der Waals surface area contributed by atoms with Crippen molar-refractivity contribution in [2.75, 3.05) is 31.1 Å². The van der Waals surface area contributed by atoms with Gasteiger partial charge in [0, 0.05) is 18.8 Å². The van der Waals surface area contributed by atoms with Crippen molar-refractivity contribution < 1.29 is 0 Å². The fourth-order valence-electron chi connectivity index (χ4n) is 3.04. The summed E-state index contributed by atoms with van der Waals surface area (Å²) in [5.41, 5.74) is 2.74. The molecule has 0 aromatic heterocycles. The molecule has 0 amide bonds.